The van der Waals surface area contributed by atoms with Gasteiger partial charge in [0.1, 0.15) is 5.82 Å². The molecule has 1 amide bonds. The topological polar surface area (TPSA) is 75.9 Å². The normalized spacial score (nSPS) is 23.7. The molecule has 1 aromatic rings. The second-order valence-corrected chi connectivity index (χ2v) is 8.15. The number of tetrazole rings is 1. The van der Waals surface area contributed by atoms with Crippen molar-refractivity contribution < 1.29 is 4.79 Å². The van der Waals surface area contributed by atoms with Crippen LogP contribution in [0.1, 0.15) is 51.8 Å². The molecule has 0 unspecified atom stereocenters. The Morgan fingerprint density at radius 3 is 2.62 bits per heavy atom. The van der Waals surface area contributed by atoms with Crippen LogP contribution in [-0.4, -0.2) is 56.7 Å². The SMILES string of the molecule is Cc1nnnn1CCCN1C[C@H](NC(=O)CC2CCC2)[C@@H](C(C)C)C1.Cl. The van der Waals surface area contributed by atoms with E-state index in [1.165, 1.54) is 19.3 Å². The van der Waals surface area contributed by atoms with Gasteiger partial charge in [0.2, 0.25) is 5.91 Å². The molecule has 0 aromatic carbocycles. The second-order valence-electron chi connectivity index (χ2n) is 8.15. The summed E-state index contributed by atoms with van der Waals surface area (Å²) >= 11 is 0. The molecule has 2 heterocycles. The quantitative estimate of drug-likeness (QED) is 0.742. The van der Waals surface area contributed by atoms with Gasteiger partial charge >= 0.3 is 0 Å². The molecule has 1 N–H and O–H groups in total. The molecule has 0 spiro atoms. The number of carbonyl (C=O) groups excluding carboxylic acids is 1. The second kappa shape index (κ2) is 9.65. The van der Waals surface area contributed by atoms with E-state index in [2.05, 4.69) is 39.6 Å². The van der Waals surface area contributed by atoms with Gasteiger partial charge in [-0.3, -0.25) is 4.79 Å². The Kier molecular flexibility index (Phi) is 7.83. The number of hydrogen-bond donors (Lipinski definition) is 1. The van der Waals surface area contributed by atoms with Crippen molar-refractivity contribution in [2.45, 2.75) is 65.5 Å². The lowest BCUT2D eigenvalue weighted by Gasteiger charge is -2.27. The van der Waals surface area contributed by atoms with Gasteiger partial charge < -0.3 is 10.2 Å². The molecule has 26 heavy (non-hydrogen) atoms. The van der Waals surface area contributed by atoms with Crippen molar-refractivity contribution in [1.29, 1.82) is 0 Å². The lowest BCUT2D eigenvalue weighted by atomic mass is 9.82. The van der Waals surface area contributed by atoms with Crippen molar-refractivity contribution in [3.63, 3.8) is 0 Å². The standard InChI is InChI=1S/C18H32N6O.ClH/c1-13(2)16-11-23(8-5-9-24-14(3)20-21-22-24)12-17(16)19-18(25)10-15-6-4-7-15;/h13,15-17H,4-12H2,1-3H3,(H,19,25);1H/t16-,17+;/m1./s1. The summed E-state index contributed by atoms with van der Waals surface area (Å²) in [6.45, 7) is 10.4. The Bertz CT molecular complexity index is 574. The third-order valence-electron chi connectivity index (χ3n) is 5.90. The molecular formula is C18H33ClN6O. The minimum atomic E-state index is 0. The molecule has 2 fully saturated rings. The van der Waals surface area contributed by atoms with Gasteiger partial charge in [0, 0.05) is 32.1 Å². The summed E-state index contributed by atoms with van der Waals surface area (Å²) < 4.78 is 1.86. The van der Waals surface area contributed by atoms with Crippen molar-refractivity contribution in [2.75, 3.05) is 19.6 Å². The Labute approximate surface area is 162 Å². The van der Waals surface area contributed by atoms with Crippen LogP contribution in [0, 0.1) is 24.7 Å². The van der Waals surface area contributed by atoms with E-state index in [1.54, 1.807) is 0 Å². The highest BCUT2D eigenvalue weighted by atomic mass is 35.5. The minimum Gasteiger partial charge on any atom is -0.352 e. The summed E-state index contributed by atoms with van der Waals surface area (Å²) in [7, 11) is 0. The maximum Gasteiger partial charge on any atom is 0.220 e. The van der Waals surface area contributed by atoms with Gasteiger partial charge in [0.05, 0.1) is 0 Å². The van der Waals surface area contributed by atoms with Crippen molar-refractivity contribution >= 4 is 18.3 Å². The molecule has 1 saturated heterocycles. The highest BCUT2D eigenvalue weighted by Crippen LogP contribution is 2.30. The van der Waals surface area contributed by atoms with Crippen molar-refractivity contribution in [2.24, 2.45) is 17.8 Å². The fraction of sp³-hybridized carbons (Fsp3) is 0.889. The molecule has 1 aliphatic heterocycles. The molecule has 0 radical (unpaired) electrons. The van der Waals surface area contributed by atoms with Crippen LogP contribution in [0.15, 0.2) is 0 Å². The van der Waals surface area contributed by atoms with Crippen LogP contribution < -0.4 is 5.32 Å². The van der Waals surface area contributed by atoms with Gasteiger partial charge in [0.25, 0.3) is 0 Å². The Morgan fingerprint density at radius 2 is 2.04 bits per heavy atom. The first-order valence-electron chi connectivity index (χ1n) is 9.77. The smallest absolute Gasteiger partial charge is 0.220 e. The summed E-state index contributed by atoms with van der Waals surface area (Å²) in [5, 5.41) is 14.9. The highest BCUT2D eigenvalue weighted by molar-refractivity contribution is 5.85. The third kappa shape index (κ3) is 5.39. The Balaban J connectivity index is 0.00000243. The monoisotopic (exact) mass is 384 g/mol. The number of aryl methyl sites for hydroxylation is 2. The zero-order valence-corrected chi connectivity index (χ0v) is 17.0. The van der Waals surface area contributed by atoms with Crippen LogP contribution in [0.2, 0.25) is 0 Å². The van der Waals surface area contributed by atoms with E-state index in [4.69, 9.17) is 0 Å². The molecule has 2 atom stereocenters. The molecule has 148 valence electrons. The Hall–Kier alpha value is -1.21. The first kappa shape index (κ1) is 21.1. The lowest BCUT2D eigenvalue weighted by molar-refractivity contribution is -0.123. The van der Waals surface area contributed by atoms with Gasteiger partial charge in [-0.2, -0.15) is 0 Å². The summed E-state index contributed by atoms with van der Waals surface area (Å²) in [4.78, 5) is 14.8. The zero-order valence-electron chi connectivity index (χ0n) is 16.2. The number of aromatic nitrogens is 4. The summed E-state index contributed by atoms with van der Waals surface area (Å²) in [5.74, 6) is 2.88. The number of likely N-dealkylation sites (tertiary alicyclic amines) is 1. The van der Waals surface area contributed by atoms with Crippen LogP contribution in [-0.2, 0) is 11.3 Å². The van der Waals surface area contributed by atoms with Crippen molar-refractivity contribution in [1.82, 2.24) is 30.4 Å². The molecule has 8 heteroatoms. The van der Waals surface area contributed by atoms with E-state index in [0.29, 0.717) is 23.8 Å². The number of nitrogens with one attached hydrogen (secondary N) is 1. The minimum absolute atomic E-state index is 0. The molecule has 2 aliphatic rings. The molecular weight excluding hydrogens is 352 g/mol. The number of carbonyl (C=O) groups is 1. The number of rotatable bonds is 8. The fourth-order valence-corrected chi connectivity index (χ4v) is 4.05. The molecule has 1 aliphatic carbocycles. The summed E-state index contributed by atoms with van der Waals surface area (Å²) in [6, 6.07) is 0.294. The van der Waals surface area contributed by atoms with E-state index in [0.717, 1.165) is 44.8 Å². The lowest BCUT2D eigenvalue weighted by Crippen LogP contribution is -2.43. The van der Waals surface area contributed by atoms with Crippen molar-refractivity contribution in [3.8, 4) is 0 Å². The van der Waals surface area contributed by atoms with Crippen LogP contribution in [0.5, 0.6) is 0 Å². The van der Waals surface area contributed by atoms with Gasteiger partial charge in [0.15, 0.2) is 0 Å². The van der Waals surface area contributed by atoms with Gasteiger partial charge in [-0.25, -0.2) is 4.68 Å². The number of amides is 1. The van der Waals surface area contributed by atoms with Crippen LogP contribution in [0.3, 0.4) is 0 Å². The van der Waals surface area contributed by atoms with Gasteiger partial charge in [-0.1, -0.05) is 20.3 Å². The highest BCUT2D eigenvalue weighted by Gasteiger charge is 2.35. The largest absolute Gasteiger partial charge is 0.352 e. The van der Waals surface area contributed by atoms with Crippen LogP contribution in [0.4, 0.5) is 0 Å². The number of hydrogen-bond acceptors (Lipinski definition) is 5. The van der Waals surface area contributed by atoms with Crippen molar-refractivity contribution in [3.05, 3.63) is 5.82 Å². The molecule has 0 bridgehead atoms. The fourth-order valence-electron chi connectivity index (χ4n) is 4.05. The molecule has 3 rings (SSSR count). The number of halogens is 1. The maximum absolute atomic E-state index is 12.3. The van der Waals surface area contributed by atoms with E-state index in [9.17, 15) is 4.79 Å². The Morgan fingerprint density at radius 1 is 1.27 bits per heavy atom. The first-order chi connectivity index (χ1) is 12.0. The van der Waals surface area contributed by atoms with Crippen LogP contribution in [0.25, 0.3) is 0 Å². The maximum atomic E-state index is 12.3. The molecule has 1 saturated carbocycles. The predicted molar refractivity (Wildman–Crippen MR) is 103 cm³/mol. The van der Waals surface area contributed by atoms with E-state index in [-0.39, 0.29) is 18.3 Å². The zero-order chi connectivity index (χ0) is 17.8. The summed E-state index contributed by atoms with van der Waals surface area (Å²) in [5.41, 5.74) is 0. The average Bonchev–Trinajstić information content (AvgIpc) is 3.10. The summed E-state index contributed by atoms with van der Waals surface area (Å²) in [6.07, 6.45) is 5.51. The number of nitrogens with zero attached hydrogens (tertiary/aromatic N) is 5. The van der Waals surface area contributed by atoms with E-state index >= 15 is 0 Å². The third-order valence-corrected chi connectivity index (χ3v) is 5.90. The van der Waals surface area contributed by atoms with Gasteiger partial charge in [-0.05, 0) is 60.9 Å². The van der Waals surface area contributed by atoms with Crippen LogP contribution >= 0.6 is 12.4 Å². The average molecular weight is 385 g/mol. The van der Waals surface area contributed by atoms with E-state index < -0.39 is 0 Å². The molecule has 7 nitrogen and oxygen atoms in total. The van der Waals surface area contributed by atoms with E-state index in [1.807, 2.05) is 11.6 Å². The first-order valence-corrected chi connectivity index (χ1v) is 9.77. The van der Waals surface area contributed by atoms with Gasteiger partial charge in [-0.15, -0.1) is 17.5 Å². The predicted octanol–water partition coefficient (Wildman–Crippen LogP) is 2.06. The molecule has 1 aromatic heterocycles.